The SMILES string of the molecule is Cc1csc(NC(=O)C2CCN(C(=O)Cn3c(C)c(Br)c4ccccc43)CC2)n1. The van der Waals surface area contributed by atoms with Gasteiger partial charge < -0.3 is 14.8 Å². The van der Waals surface area contributed by atoms with E-state index >= 15 is 0 Å². The van der Waals surface area contributed by atoms with Crippen LogP contribution in [0.4, 0.5) is 5.13 Å². The lowest BCUT2D eigenvalue weighted by atomic mass is 9.96. The van der Waals surface area contributed by atoms with Gasteiger partial charge in [0.25, 0.3) is 0 Å². The van der Waals surface area contributed by atoms with E-state index in [1.807, 2.05) is 42.3 Å². The molecule has 152 valence electrons. The van der Waals surface area contributed by atoms with Crippen molar-refractivity contribution in [3.63, 3.8) is 0 Å². The molecule has 3 aromatic rings. The van der Waals surface area contributed by atoms with Crippen molar-refractivity contribution >= 4 is 55.1 Å². The van der Waals surface area contributed by atoms with Gasteiger partial charge in [-0.25, -0.2) is 4.98 Å². The fourth-order valence-corrected chi connectivity index (χ4v) is 5.08. The molecule has 29 heavy (non-hydrogen) atoms. The first-order valence-electron chi connectivity index (χ1n) is 9.68. The summed E-state index contributed by atoms with van der Waals surface area (Å²) in [5.74, 6) is 0.0185. The molecule has 2 aromatic heterocycles. The first-order chi connectivity index (χ1) is 13.9. The number of halogens is 1. The molecule has 1 aromatic carbocycles. The molecule has 0 aliphatic carbocycles. The number of carbonyl (C=O) groups is 2. The van der Waals surface area contributed by atoms with Gasteiger partial charge in [-0.2, -0.15) is 0 Å². The number of fused-ring (bicyclic) bond motifs is 1. The third-order valence-corrected chi connectivity index (χ3v) is 7.39. The molecule has 6 nitrogen and oxygen atoms in total. The van der Waals surface area contributed by atoms with E-state index in [-0.39, 0.29) is 17.7 Å². The molecule has 0 unspecified atom stereocenters. The number of para-hydroxylation sites is 1. The highest BCUT2D eigenvalue weighted by molar-refractivity contribution is 9.10. The zero-order chi connectivity index (χ0) is 20.5. The van der Waals surface area contributed by atoms with E-state index in [4.69, 9.17) is 0 Å². The summed E-state index contributed by atoms with van der Waals surface area (Å²) >= 11 is 5.08. The van der Waals surface area contributed by atoms with E-state index in [1.165, 1.54) is 11.3 Å². The van der Waals surface area contributed by atoms with Crippen LogP contribution in [0.1, 0.15) is 24.2 Å². The number of anilines is 1. The maximum atomic E-state index is 12.9. The highest BCUT2D eigenvalue weighted by atomic mass is 79.9. The Morgan fingerprint density at radius 1 is 1.24 bits per heavy atom. The molecule has 1 aliphatic rings. The van der Waals surface area contributed by atoms with Crippen LogP contribution in [0.2, 0.25) is 0 Å². The van der Waals surface area contributed by atoms with Gasteiger partial charge in [-0.3, -0.25) is 9.59 Å². The van der Waals surface area contributed by atoms with Crippen LogP contribution in [0, 0.1) is 19.8 Å². The van der Waals surface area contributed by atoms with Crippen molar-refractivity contribution < 1.29 is 9.59 Å². The van der Waals surface area contributed by atoms with Gasteiger partial charge in [0.15, 0.2) is 5.13 Å². The van der Waals surface area contributed by atoms with Crippen molar-refractivity contribution in [1.29, 1.82) is 0 Å². The molecule has 2 amide bonds. The summed E-state index contributed by atoms with van der Waals surface area (Å²) in [6.45, 7) is 5.45. The van der Waals surface area contributed by atoms with E-state index in [0.29, 0.717) is 37.6 Å². The Balaban J connectivity index is 1.37. The first-order valence-corrected chi connectivity index (χ1v) is 11.4. The Hall–Kier alpha value is -2.19. The average Bonchev–Trinajstić information content (AvgIpc) is 3.24. The number of nitrogens with zero attached hydrogens (tertiary/aromatic N) is 3. The quantitative estimate of drug-likeness (QED) is 0.610. The van der Waals surface area contributed by atoms with Gasteiger partial charge in [-0.15, -0.1) is 11.3 Å². The maximum absolute atomic E-state index is 12.9. The number of hydrogen-bond acceptors (Lipinski definition) is 4. The number of aromatic nitrogens is 2. The summed E-state index contributed by atoms with van der Waals surface area (Å²) < 4.78 is 3.10. The summed E-state index contributed by atoms with van der Waals surface area (Å²) in [4.78, 5) is 31.6. The van der Waals surface area contributed by atoms with Gasteiger partial charge >= 0.3 is 0 Å². The highest BCUT2D eigenvalue weighted by Gasteiger charge is 2.28. The first kappa shape index (κ1) is 20.1. The molecule has 1 aliphatic heterocycles. The Morgan fingerprint density at radius 3 is 2.66 bits per heavy atom. The van der Waals surface area contributed by atoms with Gasteiger partial charge in [-0.1, -0.05) is 18.2 Å². The molecule has 0 bridgehead atoms. The van der Waals surface area contributed by atoms with Crippen LogP contribution in [0.3, 0.4) is 0 Å². The molecule has 4 rings (SSSR count). The second-order valence-electron chi connectivity index (χ2n) is 7.44. The molecule has 8 heteroatoms. The number of aryl methyl sites for hydroxylation is 1. The lowest BCUT2D eigenvalue weighted by Crippen LogP contribution is -2.42. The van der Waals surface area contributed by atoms with Crippen LogP contribution in [0.15, 0.2) is 34.1 Å². The minimum atomic E-state index is -0.0773. The van der Waals surface area contributed by atoms with Crippen molar-refractivity contribution in [2.24, 2.45) is 5.92 Å². The molecule has 0 saturated carbocycles. The number of thiazole rings is 1. The fourth-order valence-electron chi connectivity index (χ4n) is 3.84. The van der Waals surface area contributed by atoms with E-state index in [2.05, 4.69) is 36.9 Å². The second-order valence-corrected chi connectivity index (χ2v) is 9.09. The number of rotatable bonds is 4. The molecule has 3 heterocycles. The standard InChI is InChI=1S/C21H23BrN4O2S/c1-13-12-29-21(23-13)24-20(28)15-7-9-25(10-8-15)18(27)11-26-14(2)19(22)16-5-3-4-6-17(16)26/h3-6,12,15H,7-11H2,1-2H3,(H,23,24,28). The molecular formula is C21H23BrN4O2S. The lowest BCUT2D eigenvalue weighted by Gasteiger charge is -2.31. The topological polar surface area (TPSA) is 67.2 Å². The molecule has 0 atom stereocenters. The molecule has 0 spiro atoms. The number of piperidine rings is 1. The highest BCUT2D eigenvalue weighted by Crippen LogP contribution is 2.30. The van der Waals surface area contributed by atoms with Crippen molar-refractivity contribution in [2.45, 2.75) is 33.2 Å². The van der Waals surface area contributed by atoms with Gasteiger partial charge in [-0.05, 0) is 48.7 Å². The summed E-state index contributed by atoms with van der Waals surface area (Å²) in [5, 5.41) is 6.58. The molecular weight excluding hydrogens is 452 g/mol. The minimum Gasteiger partial charge on any atom is -0.341 e. The maximum Gasteiger partial charge on any atom is 0.242 e. The van der Waals surface area contributed by atoms with Gasteiger partial charge in [0.2, 0.25) is 11.8 Å². The molecule has 0 radical (unpaired) electrons. The predicted octanol–water partition coefficient (Wildman–Crippen LogP) is 4.35. The van der Waals surface area contributed by atoms with E-state index in [9.17, 15) is 9.59 Å². The largest absolute Gasteiger partial charge is 0.341 e. The third kappa shape index (κ3) is 4.09. The third-order valence-electron chi connectivity index (χ3n) is 5.51. The fraction of sp³-hybridized carbons (Fsp3) is 0.381. The predicted molar refractivity (Wildman–Crippen MR) is 119 cm³/mol. The number of nitrogens with one attached hydrogen (secondary N) is 1. The van der Waals surface area contributed by atoms with Crippen molar-refractivity contribution in [3.8, 4) is 0 Å². The molecule has 1 N–H and O–H groups in total. The smallest absolute Gasteiger partial charge is 0.242 e. The van der Waals surface area contributed by atoms with Crippen molar-refractivity contribution in [1.82, 2.24) is 14.5 Å². The number of amides is 2. The summed E-state index contributed by atoms with van der Waals surface area (Å²) in [5.41, 5.74) is 3.01. The zero-order valence-electron chi connectivity index (χ0n) is 16.4. The average molecular weight is 475 g/mol. The number of benzene rings is 1. The Bertz CT molecular complexity index is 1070. The Labute approximate surface area is 182 Å². The number of likely N-dealkylation sites (tertiary alicyclic amines) is 1. The summed E-state index contributed by atoms with van der Waals surface area (Å²) in [6, 6.07) is 8.09. The summed E-state index contributed by atoms with van der Waals surface area (Å²) in [7, 11) is 0. The van der Waals surface area contributed by atoms with E-state index < -0.39 is 0 Å². The Kier molecular flexibility index (Phi) is 5.74. The molecule has 1 saturated heterocycles. The van der Waals surface area contributed by atoms with E-state index in [0.717, 1.165) is 26.8 Å². The van der Waals surface area contributed by atoms with Gasteiger partial charge in [0, 0.05) is 45.5 Å². The van der Waals surface area contributed by atoms with E-state index in [1.54, 1.807) is 0 Å². The van der Waals surface area contributed by atoms with Crippen LogP contribution < -0.4 is 5.32 Å². The Morgan fingerprint density at radius 2 is 1.97 bits per heavy atom. The monoisotopic (exact) mass is 474 g/mol. The second kappa shape index (κ2) is 8.28. The van der Waals surface area contributed by atoms with Crippen LogP contribution in [0.25, 0.3) is 10.9 Å². The number of hydrogen-bond donors (Lipinski definition) is 1. The van der Waals surface area contributed by atoms with Crippen LogP contribution in [0.5, 0.6) is 0 Å². The van der Waals surface area contributed by atoms with Crippen molar-refractivity contribution in [2.75, 3.05) is 18.4 Å². The van der Waals surface area contributed by atoms with Crippen molar-refractivity contribution in [3.05, 3.63) is 45.5 Å². The minimum absolute atomic E-state index is 0.00243. The normalized spacial score (nSPS) is 15.1. The van der Waals surface area contributed by atoms with Crippen LogP contribution in [-0.2, 0) is 16.1 Å². The van der Waals surface area contributed by atoms with Crippen LogP contribution in [-0.4, -0.2) is 39.4 Å². The van der Waals surface area contributed by atoms with Gasteiger partial charge in [0.1, 0.15) is 6.54 Å². The number of carbonyl (C=O) groups excluding carboxylic acids is 2. The van der Waals surface area contributed by atoms with Crippen LogP contribution >= 0.6 is 27.3 Å². The van der Waals surface area contributed by atoms with Gasteiger partial charge in [0.05, 0.1) is 5.69 Å². The lowest BCUT2D eigenvalue weighted by molar-refractivity contribution is -0.135. The summed E-state index contributed by atoms with van der Waals surface area (Å²) in [6.07, 6.45) is 1.36. The zero-order valence-corrected chi connectivity index (χ0v) is 18.8. The molecule has 1 fully saturated rings.